The maximum absolute atomic E-state index is 12.3. The molecule has 1 aromatic heterocycles. The zero-order chi connectivity index (χ0) is 8.55. The Balaban J connectivity index is 0.000000845. The molecule has 0 saturated carbocycles. The quantitative estimate of drug-likeness (QED) is 0.735. The molecule has 0 fully saturated rings. The van der Waals surface area contributed by atoms with Gasteiger partial charge in [0.1, 0.15) is 5.69 Å². The molecule has 0 amide bonds. The molecule has 1 aliphatic rings. The Bertz CT molecular complexity index is 287. The standard InChI is InChI=1S/C7H9F2N3.ClH/c8-7(9)6-4-3-10-2-1-5(4)11-12-6;/h7,10H,1-3H2,(H,11,12);1H. The number of halogens is 3. The van der Waals surface area contributed by atoms with Crippen molar-refractivity contribution in [2.75, 3.05) is 6.54 Å². The van der Waals surface area contributed by atoms with Crippen LogP contribution >= 0.6 is 12.4 Å². The number of aromatic nitrogens is 2. The number of rotatable bonds is 1. The van der Waals surface area contributed by atoms with Crippen LogP contribution in [0.2, 0.25) is 0 Å². The van der Waals surface area contributed by atoms with Crippen LogP contribution in [0.3, 0.4) is 0 Å². The van der Waals surface area contributed by atoms with E-state index < -0.39 is 6.43 Å². The maximum Gasteiger partial charge on any atom is 0.282 e. The first-order valence-electron chi connectivity index (χ1n) is 3.84. The number of aromatic amines is 1. The van der Waals surface area contributed by atoms with Crippen molar-refractivity contribution < 1.29 is 8.78 Å². The average molecular weight is 210 g/mol. The molecule has 0 aromatic carbocycles. The molecular formula is C7H10ClF2N3. The van der Waals surface area contributed by atoms with Crippen molar-refractivity contribution in [1.82, 2.24) is 15.5 Å². The number of hydrogen-bond acceptors (Lipinski definition) is 2. The molecule has 2 N–H and O–H groups in total. The number of alkyl halides is 2. The van der Waals surface area contributed by atoms with Gasteiger partial charge in [0.2, 0.25) is 0 Å². The predicted octanol–water partition coefficient (Wildman–Crippen LogP) is 1.41. The van der Waals surface area contributed by atoms with Crippen molar-refractivity contribution in [3.05, 3.63) is 17.0 Å². The summed E-state index contributed by atoms with van der Waals surface area (Å²) in [7, 11) is 0. The van der Waals surface area contributed by atoms with Gasteiger partial charge in [0.05, 0.1) is 0 Å². The Hall–Kier alpha value is -0.680. The van der Waals surface area contributed by atoms with Crippen LogP contribution in [0.15, 0.2) is 0 Å². The van der Waals surface area contributed by atoms with E-state index in [9.17, 15) is 8.78 Å². The van der Waals surface area contributed by atoms with E-state index in [1.54, 1.807) is 0 Å². The van der Waals surface area contributed by atoms with E-state index in [4.69, 9.17) is 0 Å². The molecule has 3 nitrogen and oxygen atoms in total. The third-order valence-electron chi connectivity index (χ3n) is 2.05. The van der Waals surface area contributed by atoms with Crippen molar-refractivity contribution in [3.63, 3.8) is 0 Å². The lowest BCUT2D eigenvalue weighted by atomic mass is 10.1. The SMILES string of the molecule is Cl.FC(F)c1n[nH]c2c1CNCC2. The van der Waals surface area contributed by atoms with E-state index >= 15 is 0 Å². The summed E-state index contributed by atoms with van der Waals surface area (Å²) in [5.41, 5.74) is 1.40. The molecule has 74 valence electrons. The fraction of sp³-hybridized carbons (Fsp3) is 0.571. The summed E-state index contributed by atoms with van der Waals surface area (Å²) in [5.74, 6) is 0. The second-order valence-corrected chi connectivity index (χ2v) is 2.79. The summed E-state index contributed by atoms with van der Waals surface area (Å²) >= 11 is 0. The molecule has 2 rings (SSSR count). The van der Waals surface area contributed by atoms with Gasteiger partial charge >= 0.3 is 0 Å². The third kappa shape index (κ3) is 1.81. The Morgan fingerprint density at radius 2 is 2.15 bits per heavy atom. The first-order chi connectivity index (χ1) is 5.79. The lowest BCUT2D eigenvalue weighted by molar-refractivity contribution is 0.144. The van der Waals surface area contributed by atoms with E-state index in [-0.39, 0.29) is 18.1 Å². The summed E-state index contributed by atoms with van der Waals surface area (Å²) in [4.78, 5) is 0. The zero-order valence-corrected chi connectivity index (χ0v) is 7.63. The van der Waals surface area contributed by atoms with E-state index in [2.05, 4.69) is 15.5 Å². The largest absolute Gasteiger partial charge is 0.312 e. The molecule has 0 saturated heterocycles. The fourth-order valence-electron chi connectivity index (χ4n) is 1.43. The van der Waals surface area contributed by atoms with Gasteiger partial charge in [-0.05, 0) is 0 Å². The van der Waals surface area contributed by atoms with Crippen LogP contribution in [0.4, 0.5) is 8.78 Å². The Morgan fingerprint density at radius 3 is 2.85 bits per heavy atom. The Labute approximate surface area is 80.3 Å². The van der Waals surface area contributed by atoms with Gasteiger partial charge in [-0.25, -0.2) is 8.78 Å². The molecule has 0 aliphatic carbocycles. The van der Waals surface area contributed by atoms with Gasteiger partial charge in [0, 0.05) is 30.8 Å². The van der Waals surface area contributed by atoms with Crippen LogP contribution in [0.1, 0.15) is 23.4 Å². The van der Waals surface area contributed by atoms with E-state index in [0.29, 0.717) is 12.1 Å². The molecule has 13 heavy (non-hydrogen) atoms. The van der Waals surface area contributed by atoms with Crippen LogP contribution in [-0.4, -0.2) is 16.7 Å². The highest BCUT2D eigenvalue weighted by Gasteiger charge is 2.21. The molecule has 6 heteroatoms. The molecule has 2 heterocycles. The number of nitrogens with zero attached hydrogens (tertiary/aromatic N) is 1. The minimum absolute atomic E-state index is 0. The normalized spacial score (nSPS) is 15.3. The molecule has 0 atom stereocenters. The van der Waals surface area contributed by atoms with Crippen molar-refractivity contribution in [3.8, 4) is 0 Å². The molecule has 0 bridgehead atoms. The van der Waals surface area contributed by atoms with Crippen molar-refractivity contribution in [2.45, 2.75) is 19.4 Å². The number of hydrogen-bond donors (Lipinski definition) is 2. The van der Waals surface area contributed by atoms with Gasteiger partial charge in [-0.3, -0.25) is 5.10 Å². The highest BCUT2D eigenvalue weighted by Crippen LogP contribution is 2.24. The van der Waals surface area contributed by atoms with E-state index in [0.717, 1.165) is 18.7 Å². The smallest absolute Gasteiger partial charge is 0.282 e. The Kier molecular flexibility index (Phi) is 3.22. The average Bonchev–Trinajstić information content (AvgIpc) is 2.47. The van der Waals surface area contributed by atoms with Crippen LogP contribution in [0, 0.1) is 0 Å². The summed E-state index contributed by atoms with van der Waals surface area (Å²) in [6.07, 6.45) is -1.71. The second kappa shape index (κ2) is 4.02. The van der Waals surface area contributed by atoms with Gasteiger partial charge in [0.25, 0.3) is 6.43 Å². The van der Waals surface area contributed by atoms with Gasteiger partial charge in [-0.15, -0.1) is 12.4 Å². The van der Waals surface area contributed by atoms with Crippen LogP contribution in [0.5, 0.6) is 0 Å². The van der Waals surface area contributed by atoms with Gasteiger partial charge < -0.3 is 5.32 Å². The van der Waals surface area contributed by atoms with Gasteiger partial charge in [0.15, 0.2) is 0 Å². The second-order valence-electron chi connectivity index (χ2n) is 2.79. The molecular weight excluding hydrogens is 200 g/mol. The molecule has 1 aromatic rings. The highest BCUT2D eigenvalue weighted by molar-refractivity contribution is 5.85. The lowest BCUT2D eigenvalue weighted by Gasteiger charge is -2.12. The summed E-state index contributed by atoms with van der Waals surface area (Å²) in [6.45, 7) is 1.34. The number of nitrogens with one attached hydrogen (secondary N) is 2. The topological polar surface area (TPSA) is 40.7 Å². The molecule has 0 radical (unpaired) electrons. The van der Waals surface area contributed by atoms with Crippen molar-refractivity contribution in [1.29, 1.82) is 0 Å². The van der Waals surface area contributed by atoms with Gasteiger partial charge in [-0.1, -0.05) is 0 Å². The summed E-state index contributed by atoms with van der Waals surface area (Å²) < 4.78 is 24.6. The third-order valence-corrected chi connectivity index (χ3v) is 2.05. The molecule has 0 unspecified atom stereocenters. The molecule has 1 aliphatic heterocycles. The summed E-state index contributed by atoms with van der Waals surface area (Å²) in [6, 6.07) is 0. The van der Waals surface area contributed by atoms with Gasteiger partial charge in [-0.2, -0.15) is 5.10 Å². The van der Waals surface area contributed by atoms with E-state index in [1.807, 2.05) is 0 Å². The minimum Gasteiger partial charge on any atom is -0.312 e. The van der Waals surface area contributed by atoms with E-state index in [1.165, 1.54) is 0 Å². The Morgan fingerprint density at radius 1 is 1.38 bits per heavy atom. The summed E-state index contributed by atoms with van der Waals surface area (Å²) in [5, 5.41) is 9.25. The van der Waals surface area contributed by atoms with Crippen molar-refractivity contribution >= 4 is 12.4 Å². The first kappa shape index (κ1) is 10.4. The van der Waals surface area contributed by atoms with Crippen LogP contribution < -0.4 is 5.32 Å². The maximum atomic E-state index is 12.3. The van der Waals surface area contributed by atoms with Crippen LogP contribution in [-0.2, 0) is 13.0 Å². The monoisotopic (exact) mass is 209 g/mol. The number of fused-ring (bicyclic) bond motifs is 1. The van der Waals surface area contributed by atoms with Crippen LogP contribution in [0.25, 0.3) is 0 Å². The first-order valence-corrected chi connectivity index (χ1v) is 3.84. The highest BCUT2D eigenvalue weighted by atomic mass is 35.5. The minimum atomic E-state index is -2.47. The molecule has 0 spiro atoms. The number of H-pyrrole nitrogens is 1. The predicted molar refractivity (Wildman–Crippen MR) is 46.2 cm³/mol. The lowest BCUT2D eigenvalue weighted by Crippen LogP contribution is -2.23. The zero-order valence-electron chi connectivity index (χ0n) is 6.81. The van der Waals surface area contributed by atoms with Crippen molar-refractivity contribution in [2.24, 2.45) is 0 Å². The fourth-order valence-corrected chi connectivity index (χ4v) is 1.43.